The third kappa shape index (κ3) is 4.67. The first-order chi connectivity index (χ1) is 19.4. The Kier molecular flexibility index (Phi) is 8.15. The molecule has 41 heavy (non-hydrogen) atoms. The van der Waals surface area contributed by atoms with Crippen LogP contribution >= 0.6 is 0 Å². The fourth-order valence-corrected chi connectivity index (χ4v) is 13.6. The first kappa shape index (κ1) is 30.6. The van der Waals surface area contributed by atoms with E-state index in [0.29, 0.717) is 27.6 Å². The number of likely N-dealkylation sites (tertiary alicyclic amines) is 1. The van der Waals surface area contributed by atoms with Gasteiger partial charge in [0.1, 0.15) is 0 Å². The predicted octanol–water partition coefficient (Wildman–Crippen LogP) is 8.47. The minimum atomic E-state index is -0.129. The number of aliphatic hydroxyl groups excluding tert-OH is 1. The smallest absolute Gasteiger partial charge is 0.0594 e. The largest absolute Gasteiger partial charge is 0.393 e. The van der Waals surface area contributed by atoms with Gasteiger partial charge in [0, 0.05) is 0 Å². The molecule has 6 aliphatic rings. The normalized spacial score (nSPS) is 49.1. The molecular weight excluding hydrogens is 500 g/mol. The molecule has 1 aliphatic heterocycles. The van der Waals surface area contributed by atoms with Crippen LogP contribution in [0.25, 0.3) is 0 Å². The zero-order valence-corrected chi connectivity index (χ0v) is 28.0. The van der Waals surface area contributed by atoms with E-state index in [1.54, 1.807) is 0 Å². The summed E-state index contributed by atoms with van der Waals surface area (Å²) in [4.78, 5) is 2.66. The van der Waals surface area contributed by atoms with Crippen molar-refractivity contribution in [1.29, 1.82) is 0 Å². The van der Waals surface area contributed by atoms with E-state index in [-0.39, 0.29) is 11.5 Å². The van der Waals surface area contributed by atoms with Crippen LogP contribution in [0.1, 0.15) is 131 Å². The monoisotopic (exact) mass is 567 g/mol. The summed E-state index contributed by atoms with van der Waals surface area (Å²) < 4.78 is 0. The Bertz CT molecular complexity index is 969. The Morgan fingerprint density at radius 2 is 1.59 bits per heavy atom. The van der Waals surface area contributed by atoms with Gasteiger partial charge in [0.25, 0.3) is 0 Å². The van der Waals surface area contributed by atoms with Crippen molar-refractivity contribution in [3.8, 4) is 0 Å². The molecule has 234 valence electrons. The highest BCUT2D eigenvalue weighted by atomic mass is 16.3. The topological polar surface area (TPSA) is 35.5 Å². The summed E-state index contributed by atoms with van der Waals surface area (Å²) in [5.74, 6) is 3.87. The lowest BCUT2D eigenvalue weighted by atomic mass is 9.32. The number of aliphatic hydroxyl groups is 1. The molecular formula is C38H66N2O. The first-order valence-electron chi connectivity index (χ1n) is 18.2. The van der Waals surface area contributed by atoms with Gasteiger partial charge >= 0.3 is 0 Å². The number of fused-ring (bicyclic) bond motifs is 7. The van der Waals surface area contributed by atoms with E-state index in [4.69, 9.17) is 0 Å². The molecule has 5 aliphatic carbocycles. The maximum Gasteiger partial charge on any atom is 0.0594 e. The number of nitrogens with zero attached hydrogens (tertiary/aromatic N) is 1. The van der Waals surface area contributed by atoms with Gasteiger partial charge in [0.15, 0.2) is 0 Å². The Balaban J connectivity index is 1.20. The Hall–Kier alpha value is -0.380. The van der Waals surface area contributed by atoms with Crippen LogP contribution in [0.3, 0.4) is 0 Å². The standard InChI is InChI=1S/C38H66N2O/c1-27(2)28-13-18-38(21-23-39-22-10-26-40-24-8-9-25-40)20-19-36(6)29(33(28)38)11-12-31-35(5)16-15-32(41)34(3,4)30(35)14-17-37(31,36)7/h28-33,39,41H,1,8-26H2,2-7H3/t28-,29+,30-,31+,32-,33+,35-,36+,37+,38+/m0/s1. The van der Waals surface area contributed by atoms with Crippen molar-refractivity contribution in [2.45, 2.75) is 138 Å². The summed E-state index contributed by atoms with van der Waals surface area (Å²) in [6.45, 7) is 26.3. The van der Waals surface area contributed by atoms with Crippen molar-refractivity contribution in [2.75, 3.05) is 32.7 Å². The molecule has 2 N–H and O–H groups in total. The molecule has 1 saturated heterocycles. The number of hydrogen-bond donors (Lipinski definition) is 2. The summed E-state index contributed by atoms with van der Waals surface area (Å²) in [5, 5.41) is 15.0. The molecule has 0 spiro atoms. The summed E-state index contributed by atoms with van der Waals surface area (Å²) in [5.41, 5.74) is 3.27. The van der Waals surface area contributed by atoms with E-state index in [9.17, 15) is 5.11 Å². The van der Waals surface area contributed by atoms with Crippen molar-refractivity contribution in [2.24, 2.45) is 56.7 Å². The summed E-state index contributed by atoms with van der Waals surface area (Å²) >= 11 is 0. The molecule has 0 aromatic carbocycles. The number of rotatable bonds is 8. The highest BCUT2D eigenvalue weighted by molar-refractivity contribution is 5.21. The minimum Gasteiger partial charge on any atom is -0.393 e. The lowest BCUT2D eigenvalue weighted by Crippen LogP contribution is -2.66. The number of hydrogen-bond acceptors (Lipinski definition) is 3. The zero-order chi connectivity index (χ0) is 29.3. The molecule has 0 unspecified atom stereocenters. The highest BCUT2D eigenvalue weighted by Crippen LogP contribution is 2.77. The molecule has 6 rings (SSSR count). The van der Waals surface area contributed by atoms with E-state index in [1.807, 2.05) is 0 Å². The molecule has 10 atom stereocenters. The van der Waals surface area contributed by atoms with Gasteiger partial charge in [-0.2, -0.15) is 0 Å². The molecule has 3 nitrogen and oxygen atoms in total. The van der Waals surface area contributed by atoms with Crippen LogP contribution in [0.15, 0.2) is 12.2 Å². The summed E-state index contributed by atoms with van der Waals surface area (Å²) in [6.07, 6.45) is 18.8. The quantitative estimate of drug-likeness (QED) is 0.228. The minimum absolute atomic E-state index is 0.0474. The molecule has 1 heterocycles. The van der Waals surface area contributed by atoms with Crippen LogP contribution < -0.4 is 5.32 Å². The molecule has 0 amide bonds. The van der Waals surface area contributed by atoms with Crippen LogP contribution in [-0.2, 0) is 0 Å². The van der Waals surface area contributed by atoms with Crippen LogP contribution in [0.5, 0.6) is 0 Å². The van der Waals surface area contributed by atoms with E-state index in [0.717, 1.165) is 30.1 Å². The third-order valence-electron chi connectivity index (χ3n) is 16.0. The molecule has 5 saturated carbocycles. The fraction of sp³-hybridized carbons (Fsp3) is 0.947. The molecule has 3 heteroatoms. The van der Waals surface area contributed by atoms with E-state index < -0.39 is 0 Å². The number of nitrogens with one attached hydrogen (secondary N) is 1. The van der Waals surface area contributed by atoms with Crippen molar-refractivity contribution in [1.82, 2.24) is 10.2 Å². The van der Waals surface area contributed by atoms with E-state index >= 15 is 0 Å². The van der Waals surface area contributed by atoms with Crippen LogP contribution in [0.2, 0.25) is 0 Å². The summed E-state index contributed by atoms with van der Waals surface area (Å²) in [6, 6.07) is 0. The Morgan fingerprint density at radius 1 is 0.829 bits per heavy atom. The van der Waals surface area contributed by atoms with Crippen molar-refractivity contribution in [3.63, 3.8) is 0 Å². The molecule has 0 bridgehead atoms. The first-order valence-corrected chi connectivity index (χ1v) is 18.2. The van der Waals surface area contributed by atoms with Crippen LogP contribution in [-0.4, -0.2) is 48.8 Å². The Labute approximate surface area is 254 Å². The van der Waals surface area contributed by atoms with E-state index in [1.165, 1.54) is 122 Å². The van der Waals surface area contributed by atoms with Gasteiger partial charge in [-0.15, -0.1) is 0 Å². The average molecular weight is 567 g/mol. The molecule has 0 aromatic heterocycles. The molecule has 6 fully saturated rings. The Morgan fingerprint density at radius 3 is 2.32 bits per heavy atom. The van der Waals surface area contributed by atoms with Gasteiger partial charge in [-0.25, -0.2) is 0 Å². The van der Waals surface area contributed by atoms with Crippen LogP contribution in [0, 0.1) is 56.7 Å². The second-order valence-electron chi connectivity index (χ2n) is 17.8. The van der Waals surface area contributed by atoms with Crippen molar-refractivity contribution in [3.05, 3.63) is 12.2 Å². The van der Waals surface area contributed by atoms with Crippen molar-refractivity contribution >= 4 is 0 Å². The second kappa shape index (κ2) is 10.9. The van der Waals surface area contributed by atoms with Gasteiger partial charge in [-0.3, -0.25) is 0 Å². The lowest BCUT2D eigenvalue weighted by molar-refractivity contribution is -0.247. The molecule has 0 radical (unpaired) electrons. The zero-order valence-electron chi connectivity index (χ0n) is 28.0. The third-order valence-corrected chi connectivity index (χ3v) is 16.0. The highest BCUT2D eigenvalue weighted by Gasteiger charge is 2.70. The summed E-state index contributed by atoms with van der Waals surface area (Å²) in [7, 11) is 0. The van der Waals surface area contributed by atoms with Gasteiger partial charge < -0.3 is 15.3 Å². The van der Waals surface area contributed by atoms with Gasteiger partial charge in [-0.1, -0.05) is 46.8 Å². The van der Waals surface area contributed by atoms with Gasteiger partial charge in [0.2, 0.25) is 0 Å². The predicted molar refractivity (Wildman–Crippen MR) is 173 cm³/mol. The maximum absolute atomic E-state index is 11.1. The molecule has 0 aromatic rings. The van der Waals surface area contributed by atoms with Crippen LogP contribution in [0.4, 0.5) is 0 Å². The number of allylic oxidation sites excluding steroid dienone is 1. The van der Waals surface area contributed by atoms with E-state index in [2.05, 4.69) is 58.3 Å². The fourth-order valence-electron chi connectivity index (χ4n) is 13.6. The van der Waals surface area contributed by atoms with Gasteiger partial charge in [-0.05, 0) is 186 Å². The second-order valence-corrected chi connectivity index (χ2v) is 17.8. The lowest BCUT2D eigenvalue weighted by Gasteiger charge is -2.73. The average Bonchev–Trinajstić information content (AvgIpc) is 3.57. The van der Waals surface area contributed by atoms with Crippen molar-refractivity contribution < 1.29 is 5.11 Å². The SMILES string of the molecule is C=C(C)[C@@H]1CC[C@]2(CCNCCCN3CCCC3)CC[C@]3(C)[C@H](CC[C@@H]4[C@@]5(C)CC[C@H](O)C(C)(C)[C@@H]5CC[C@]43C)[C@@H]12. The van der Waals surface area contributed by atoms with Gasteiger partial charge in [0.05, 0.1) is 6.10 Å². The maximum atomic E-state index is 11.1.